The van der Waals surface area contributed by atoms with Gasteiger partial charge in [0, 0.05) is 18.2 Å². The van der Waals surface area contributed by atoms with Gasteiger partial charge in [-0.25, -0.2) is 8.78 Å². The number of amides is 1. The molecule has 1 heterocycles. The number of nitrogens with zero attached hydrogens (tertiary/aromatic N) is 2. The van der Waals surface area contributed by atoms with Crippen molar-refractivity contribution in [2.24, 2.45) is 0 Å². The summed E-state index contributed by atoms with van der Waals surface area (Å²) in [5.41, 5.74) is 0.263. The Bertz CT molecular complexity index is 465. The Morgan fingerprint density at radius 1 is 1.37 bits per heavy atom. The van der Waals surface area contributed by atoms with Crippen LogP contribution in [-0.4, -0.2) is 42.9 Å². The van der Waals surface area contributed by atoms with Crippen LogP contribution in [0.1, 0.15) is 24.4 Å². The molecule has 0 spiro atoms. The van der Waals surface area contributed by atoms with Crippen molar-refractivity contribution in [3.05, 3.63) is 35.4 Å². The number of likely N-dealkylation sites (tertiary alicyclic amines) is 1. The SMILES string of the molecule is CN(C)C1CCN(C=O)C(c2cc(F)ccc2F)C1. The number of hydrogen-bond donors (Lipinski definition) is 0. The lowest BCUT2D eigenvalue weighted by Crippen LogP contribution is -2.43. The molecule has 0 saturated carbocycles. The van der Waals surface area contributed by atoms with E-state index in [4.69, 9.17) is 0 Å². The monoisotopic (exact) mass is 268 g/mol. The number of piperidine rings is 1. The van der Waals surface area contributed by atoms with Crippen molar-refractivity contribution >= 4 is 6.41 Å². The normalized spacial score (nSPS) is 23.7. The van der Waals surface area contributed by atoms with Crippen LogP contribution in [-0.2, 0) is 4.79 Å². The average molecular weight is 268 g/mol. The van der Waals surface area contributed by atoms with E-state index in [0.717, 1.165) is 25.0 Å². The minimum Gasteiger partial charge on any atom is -0.338 e. The number of hydrogen-bond acceptors (Lipinski definition) is 2. The molecule has 19 heavy (non-hydrogen) atoms. The van der Waals surface area contributed by atoms with Crippen molar-refractivity contribution in [1.82, 2.24) is 9.80 Å². The summed E-state index contributed by atoms with van der Waals surface area (Å²) in [7, 11) is 3.92. The predicted molar refractivity (Wildman–Crippen MR) is 68.6 cm³/mol. The highest BCUT2D eigenvalue weighted by Crippen LogP contribution is 2.33. The van der Waals surface area contributed by atoms with E-state index in [1.165, 1.54) is 6.07 Å². The summed E-state index contributed by atoms with van der Waals surface area (Å²) in [6, 6.07) is 3.27. The van der Waals surface area contributed by atoms with Gasteiger partial charge in [-0.05, 0) is 45.1 Å². The molecule has 0 N–H and O–H groups in total. The summed E-state index contributed by atoms with van der Waals surface area (Å²) >= 11 is 0. The molecule has 2 rings (SSSR count). The average Bonchev–Trinajstić information content (AvgIpc) is 2.40. The number of halogens is 2. The second-order valence-corrected chi connectivity index (χ2v) is 5.17. The molecular formula is C14H18F2N2O. The van der Waals surface area contributed by atoms with E-state index in [-0.39, 0.29) is 11.6 Å². The lowest BCUT2D eigenvalue weighted by atomic mass is 9.91. The maximum Gasteiger partial charge on any atom is 0.210 e. The zero-order valence-electron chi connectivity index (χ0n) is 11.1. The largest absolute Gasteiger partial charge is 0.338 e. The molecule has 0 radical (unpaired) electrons. The van der Waals surface area contributed by atoms with Crippen molar-refractivity contribution < 1.29 is 13.6 Å². The highest BCUT2D eigenvalue weighted by molar-refractivity contribution is 5.49. The summed E-state index contributed by atoms with van der Waals surface area (Å²) in [5.74, 6) is -0.938. The molecule has 1 amide bonds. The van der Waals surface area contributed by atoms with Crippen LogP contribution >= 0.6 is 0 Å². The zero-order valence-corrected chi connectivity index (χ0v) is 11.1. The first-order chi connectivity index (χ1) is 9.02. The lowest BCUT2D eigenvalue weighted by Gasteiger charge is -2.40. The van der Waals surface area contributed by atoms with E-state index in [1.807, 2.05) is 14.1 Å². The minimum atomic E-state index is -0.478. The third kappa shape index (κ3) is 2.92. The topological polar surface area (TPSA) is 23.6 Å². The third-order valence-corrected chi connectivity index (χ3v) is 3.80. The molecule has 3 nitrogen and oxygen atoms in total. The molecule has 2 atom stereocenters. The van der Waals surface area contributed by atoms with Gasteiger partial charge in [-0.1, -0.05) is 0 Å². The molecule has 2 unspecified atom stereocenters. The van der Waals surface area contributed by atoms with Crippen molar-refractivity contribution in [1.29, 1.82) is 0 Å². The van der Waals surface area contributed by atoms with E-state index < -0.39 is 17.7 Å². The van der Waals surface area contributed by atoms with Crippen molar-refractivity contribution in [3.8, 4) is 0 Å². The van der Waals surface area contributed by atoms with Gasteiger partial charge in [-0.15, -0.1) is 0 Å². The van der Waals surface area contributed by atoms with Crippen molar-refractivity contribution in [2.75, 3.05) is 20.6 Å². The Labute approximate surface area is 111 Å². The van der Waals surface area contributed by atoms with Crippen LogP contribution in [0, 0.1) is 11.6 Å². The van der Waals surface area contributed by atoms with Gasteiger partial charge in [-0.2, -0.15) is 0 Å². The molecule has 1 aromatic carbocycles. The first kappa shape index (κ1) is 13.9. The van der Waals surface area contributed by atoms with Gasteiger partial charge in [0.15, 0.2) is 0 Å². The molecular weight excluding hydrogens is 250 g/mol. The van der Waals surface area contributed by atoms with E-state index in [9.17, 15) is 13.6 Å². The second kappa shape index (κ2) is 5.65. The van der Waals surface area contributed by atoms with Gasteiger partial charge < -0.3 is 9.80 Å². The van der Waals surface area contributed by atoms with Gasteiger partial charge in [-0.3, -0.25) is 4.79 Å². The van der Waals surface area contributed by atoms with Crippen LogP contribution in [0.3, 0.4) is 0 Å². The predicted octanol–water partition coefficient (Wildman–Crippen LogP) is 2.19. The molecule has 0 bridgehead atoms. The van der Waals surface area contributed by atoms with E-state index in [1.54, 1.807) is 4.90 Å². The Hall–Kier alpha value is -1.49. The third-order valence-electron chi connectivity index (χ3n) is 3.80. The highest BCUT2D eigenvalue weighted by Gasteiger charge is 2.31. The zero-order chi connectivity index (χ0) is 14.0. The quantitative estimate of drug-likeness (QED) is 0.785. The fraction of sp³-hybridized carbons (Fsp3) is 0.500. The standard InChI is InChI=1S/C14H18F2N2O/c1-17(2)11-5-6-18(9-19)14(8-11)12-7-10(15)3-4-13(12)16/h3-4,7,9,11,14H,5-6,8H2,1-2H3. The summed E-state index contributed by atoms with van der Waals surface area (Å²) in [6.07, 6.45) is 2.19. The smallest absolute Gasteiger partial charge is 0.210 e. The van der Waals surface area contributed by atoms with E-state index >= 15 is 0 Å². The van der Waals surface area contributed by atoms with Crippen molar-refractivity contribution in [3.63, 3.8) is 0 Å². The van der Waals surface area contributed by atoms with Gasteiger partial charge in [0.05, 0.1) is 6.04 Å². The number of benzene rings is 1. The first-order valence-corrected chi connectivity index (χ1v) is 6.35. The molecule has 1 aromatic rings. The van der Waals surface area contributed by atoms with Crippen molar-refractivity contribution in [2.45, 2.75) is 24.9 Å². The van der Waals surface area contributed by atoms with Crippen LogP contribution in [0.25, 0.3) is 0 Å². The van der Waals surface area contributed by atoms with Crippen LogP contribution < -0.4 is 0 Å². The number of carbonyl (C=O) groups excluding carboxylic acids is 1. The number of carbonyl (C=O) groups is 1. The molecule has 1 saturated heterocycles. The molecule has 104 valence electrons. The fourth-order valence-corrected chi connectivity index (χ4v) is 2.64. The first-order valence-electron chi connectivity index (χ1n) is 6.35. The summed E-state index contributed by atoms with van der Waals surface area (Å²) in [6.45, 7) is 0.562. The van der Waals surface area contributed by atoms with Gasteiger partial charge in [0.2, 0.25) is 6.41 Å². The maximum absolute atomic E-state index is 13.9. The second-order valence-electron chi connectivity index (χ2n) is 5.17. The molecule has 5 heteroatoms. The van der Waals surface area contributed by atoms with Crippen LogP contribution in [0.15, 0.2) is 18.2 Å². The molecule has 1 aliphatic rings. The Balaban J connectivity index is 2.32. The molecule has 0 aliphatic carbocycles. The summed E-state index contributed by atoms with van der Waals surface area (Å²) in [5, 5.41) is 0. The number of rotatable bonds is 3. The van der Waals surface area contributed by atoms with Crippen LogP contribution in [0.5, 0.6) is 0 Å². The lowest BCUT2D eigenvalue weighted by molar-refractivity contribution is -0.122. The molecule has 1 aliphatic heterocycles. The van der Waals surface area contributed by atoms with E-state index in [0.29, 0.717) is 13.0 Å². The minimum absolute atomic E-state index is 0.263. The Morgan fingerprint density at radius 2 is 2.11 bits per heavy atom. The highest BCUT2D eigenvalue weighted by atomic mass is 19.1. The van der Waals surface area contributed by atoms with Crippen LogP contribution in [0.2, 0.25) is 0 Å². The van der Waals surface area contributed by atoms with Gasteiger partial charge in [0.1, 0.15) is 11.6 Å². The van der Waals surface area contributed by atoms with Crippen LogP contribution in [0.4, 0.5) is 8.78 Å². The Kier molecular flexibility index (Phi) is 4.14. The van der Waals surface area contributed by atoms with Gasteiger partial charge >= 0.3 is 0 Å². The fourth-order valence-electron chi connectivity index (χ4n) is 2.64. The maximum atomic E-state index is 13.9. The Morgan fingerprint density at radius 3 is 2.74 bits per heavy atom. The molecule has 1 fully saturated rings. The molecule has 0 aromatic heterocycles. The summed E-state index contributed by atoms with van der Waals surface area (Å²) < 4.78 is 27.2. The van der Waals surface area contributed by atoms with Gasteiger partial charge in [0.25, 0.3) is 0 Å². The summed E-state index contributed by atoms with van der Waals surface area (Å²) in [4.78, 5) is 14.7. The van der Waals surface area contributed by atoms with E-state index in [2.05, 4.69) is 4.90 Å².